The first kappa shape index (κ1) is 18.3. The molecule has 0 aliphatic rings. The molecule has 2 nitrogen and oxygen atoms in total. The number of halogens is 1. The topological polar surface area (TPSA) is 8.81 Å². The summed E-state index contributed by atoms with van der Waals surface area (Å²) < 4.78 is 5.60. The first-order valence-corrected chi connectivity index (χ1v) is 9.92. The highest BCUT2D eigenvalue weighted by Gasteiger charge is 2.06. The molecule has 0 amide bonds. The molecule has 1 aromatic carbocycles. The molecule has 2 aromatic rings. The summed E-state index contributed by atoms with van der Waals surface area (Å²) in [6.07, 6.45) is 19.0. The first-order chi connectivity index (χ1) is 11.3. The van der Waals surface area contributed by atoms with Gasteiger partial charge in [-0.2, -0.15) is 0 Å². The van der Waals surface area contributed by atoms with Gasteiger partial charge in [0.1, 0.15) is 18.1 Å². The monoisotopic (exact) mass is 377 g/mol. The number of nitrogens with zero attached hydrogens (tertiary/aromatic N) is 2. The second kappa shape index (κ2) is 10.6. The van der Waals surface area contributed by atoms with E-state index in [1.807, 2.05) is 0 Å². The van der Waals surface area contributed by atoms with Crippen molar-refractivity contribution in [1.29, 1.82) is 0 Å². The van der Waals surface area contributed by atoms with Gasteiger partial charge in [-0.3, -0.25) is 0 Å². The number of benzene rings is 1. The third-order valence-electron chi connectivity index (χ3n) is 4.34. The predicted molar refractivity (Wildman–Crippen MR) is 101 cm³/mol. The van der Waals surface area contributed by atoms with Crippen molar-refractivity contribution < 1.29 is 4.57 Å². The molecular formula is C20H30BrN2+. The molecule has 0 spiro atoms. The van der Waals surface area contributed by atoms with Gasteiger partial charge in [-0.15, -0.1) is 0 Å². The maximum absolute atomic E-state index is 3.48. The molecule has 0 unspecified atom stereocenters. The molecule has 0 radical (unpaired) electrons. The van der Waals surface area contributed by atoms with E-state index in [0.29, 0.717) is 0 Å². The van der Waals surface area contributed by atoms with Gasteiger partial charge in [-0.1, -0.05) is 67.8 Å². The van der Waals surface area contributed by atoms with Gasteiger partial charge in [0.15, 0.2) is 0 Å². The van der Waals surface area contributed by atoms with E-state index in [9.17, 15) is 0 Å². The summed E-state index contributed by atoms with van der Waals surface area (Å²) in [6.45, 7) is 3.40. The van der Waals surface area contributed by atoms with Crippen molar-refractivity contribution >= 4 is 15.9 Å². The minimum Gasteiger partial charge on any atom is -0.236 e. The molecular weight excluding hydrogens is 348 g/mol. The van der Waals surface area contributed by atoms with Crippen LogP contribution in [0.4, 0.5) is 0 Å². The molecule has 0 atom stereocenters. The summed E-state index contributed by atoms with van der Waals surface area (Å²) >= 11 is 3.48. The van der Waals surface area contributed by atoms with Crippen molar-refractivity contribution in [2.75, 3.05) is 0 Å². The van der Waals surface area contributed by atoms with Gasteiger partial charge in [0, 0.05) is 4.47 Å². The summed E-state index contributed by atoms with van der Waals surface area (Å²) in [7, 11) is 0. The summed E-state index contributed by atoms with van der Waals surface area (Å²) in [5.74, 6) is 0. The van der Waals surface area contributed by atoms with E-state index < -0.39 is 0 Å². The van der Waals surface area contributed by atoms with E-state index in [-0.39, 0.29) is 0 Å². The third-order valence-corrected chi connectivity index (χ3v) is 4.86. The first-order valence-electron chi connectivity index (χ1n) is 9.12. The lowest BCUT2D eigenvalue weighted by Crippen LogP contribution is -2.30. The maximum Gasteiger partial charge on any atom is 0.248 e. The van der Waals surface area contributed by atoms with Crippen LogP contribution < -0.4 is 4.57 Å². The van der Waals surface area contributed by atoms with Crippen LogP contribution in [0.15, 0.2) is 47.5 Å². The SMILES string of the molecule is CCCCCCCCCCC[n+]1ccn(-c2ccc(Br)cc2)c1. The van der Waals surface area contributed by atoms with Crippen LogP contribution in [-0.2, 0) is 6.54 Å². The lowest BCUT2D eigenvalue weighted by Gasteiger charge is -2.01. The van der Waals surface area contributed by atoms with Gasteiger partial charge in [0.2, 0.25) is 6.33 Å². The number of rotatable bonds is 11. The molecule has 23 heavy (non-hydrogen) atoms. The van der Waals surface area contributed by atoms with Gasteiger partial charge < -0.3 is 0 Å². The minimum atomic E-state index is 1.12. The Morgan fingerprint density at radius 2 is 1.48 bits per heavy atom. The Morgan fingerprint density at radius 1 is 0.870 bits per heavy atom. The van der Waals surface area contributed by atoms with Gasteiger partial charge in [0.25, 0.3) is 0 Å². The number of hydrogen-bond acceptors (Lipinski definition) is 0. The summed E-state index contributed by atoms with van der Waals surface area (Å²) in [5.41, 5.74) is 1.21. The Labute approximate surface area is 149 Å². The highest BCUT2D eigenvalue weighted by Crippen LogP contribution is 2.13. The van der Waals surface area contributed by atoms with Crippen LogP contribution in [0.3, 0.4) is 0 Å². The fourth-order valence-corrected chi connectivity index (χ4v) is 3.16. The van der Waals surface area contributed by atoms with E-state index in [1.165, 1.54) is 63.5 Å². The fraction of sp³-hybridized carbons (Fsp3) is 0.550. The van der Waals surface area contributed by atoms with Crippen LogP contribution in [0, 0.1) is 0 Å². The van der Waals surface area contributed by atoms with Crippen LogP contribution in [0.25, 0.3) is 5.69 Å². The fourth-order valence-electron chi connectivity index (χ4n) is 2.90. The molecule has 0 saturated carbocycles. The molecule has 0 fully saturated rings. The zero-order valence-electron chi connectivity index (χ0n) is 14.4. The maximum atomic E-state index is 3.48. The van der Waals surface area contributed by atoms with Crippen LogP contribution >= 0.6 is 15.9 Å². The zero-order valence-corrected chi connectivity index (χ0v) is 16.0. The Kier molecular flexibility index (Phi) is 8.44. The van der Waals surface area contributed by atoms with Gasteiger partial charge in [0.05, 0.1) is 6.54 Å². The number of aryl methyl sites for hydroxylation is 1. The van der Waals surface area contributed by atoms with Crippen molar-refractivity contribution in [2.24, 2.45) is 0 Å². The Morgan fingerprint density at radius 3 is 2.13 bits per heavy atom. The van der Waals surface area contributed by atoms with E-state index in [0.717, 1.165) is 11.0 Å². The highest BCUT2D eigenvalue weighted by atomic mass is 79.9. The standard InChI is InChI=1S/C20H30BrN2/c1-2-3-4-5-6-7-8-9-10-15-22-16-17-23(18-22)20-13-11-19(21)12-14-20/h11-14,16-18H,2-10,15H2,1H3/q+1. The molecule has 1 heterocycles. The van der Waals surface area contributed by atoms with Gasteiger partial charge in [-0.05, 0) is 37.1 Å². The number of hydrogen-bond donors (Lipinski definition) is 0. The summed E-state index contributed by atoms with van der Waals surface area (Å²) in [6, 6.07) is 8.43. The van der Waals surface area contributed by atoms with E-state index in [2.05, 4.69) is 75.0 Å². The second-order valence-electron chi connectivity index (χ2n) is 6.36. The van der Waals surface area contributed by atoms with Crippen LogP contribution in [0.5, 0.6) is 0 Å². The molecule has 126 valence electrons. The summed E-state index contributed by atoms with van der Waals surface area (Å²) in [5, 5.41) is 0. The highest BCUT2D eigenvalue weighted by molar-refractivity contribution is 9.10. The van der Waals surface area contributed by atoms with Gasteiger partial charge >= 0.3 is 0 Å². The minimum absolute atomic E-state index is 1.12. The zero-order chi connectivity index (χ0) is 16.3. The number of unbranched alkanes of at least 4 members (excludes halogenated alkanes) is 8. The molecule has 2 rings (SSSR count). The number of aromatic nitrogens is 2. The van der Waals surface area contributed by atoms with E-state index >= 15 is 0 Å². The van der Waals surface area contributed by atoms with Crippen molar-refractivity contribution in [1.82, 2.24) is 4.57 Å². The molecule has 0 bridgehead atoms. The normalized spacial score (nSPS) is 11.0. The van der Waals surface area contributed by atoms with Gasteiger partial charge in [-0.25, -0.2) is 9.13 Å². The Bertz CT molecular complexity index is 545. The Hall–Kier alpha value is -1.09. The predicted octanol–water partition coefficient (Wildman–Crippen LogP) is 6.06. The van der Waals surface area contributed by atoms with Crippen molar-refractivity contribution in [3.8, 4) is 5.69 Å². The molecule has 1 aromatic heterocycles. The second-order valence-corrected chi connectivity index (χ2v) is 7.28. The smallest absolute Gasteiger partial charge is 0.236 e. The lowest BCUT2D eigenvalue weighted by atomic mass is 10.1. The van der Waals surface area contributed by atoms with Crippen LogP contribution in [0.2, 0.25) is 0 Å². The van der Waals surface area contributed by atoms with Crippen LogP contribution in [0.1, 0.15) is 64.7 Å². The van der Waals surface area contributed by atoms with E-state index in [1.54, 1.807) is 0 Å². The molecule has 0 aliphatic heterocycles. The summed E-state index contributed by atoms with van der Waals surface area (Å²) in [4.78, 5) is 0. The molecule has 0 N–H and O–H groups in total. The quantitative estimate of drug-likeness (QED) is 0.332. The Balaban J connectivity index is 1.61. The lowest BCUT2D eigenvalue weighted by molar-refractivity contribution is -0.696. The largest absolute Gasteiger partial charge is 0.248 e. The average Bonchev–Trinajstić information content (AvgIpc) is 3.03. The van der Waals surface area contributed by atoms with Crippen molar-refractivity contribution in [2.45, 2.75) is 71.3 Å². The molecule has 0 aliphatic carbocycles. The third kappa shape index (κ3) is 6.90. The van der Waals surface area contributed by atoms with E-state index in [4.69, 9.17) is 0 Å². The average molecular weight is 378 g/mol. The van der Waals surface area contributed by atoms with Crippen LogP contribution in [-0.4, -0.2) is 4.57 Å². The molecule has 3 heteroatoms. The number of imidazole rings is 1. The van der Waals surface area contributed by atoms with Crippen molar-refractivity contribution in [3.63, 3.8) is 0 Å². The van der Waals surface area contributed by atoms with Crippen molar-refractivity contribution in [3.05, 3.63) is 47.5 Å². The molecule has 0 saturated heterocycles.